The first-order valence-electron chi connectivity index (χ1n) is 9.36. The van der Waals surface area contributed by atoms with E-state index >= 15 is 0 Å². The topological polar surface area (TPSA) is 80.9 Å². The van der Waals surface area contributed by atoms with Crippen molar-refractivity contribution in [2.45, 2.75) is 40.0 Å². The van der Waals surface area contributed by atoms with Crippen molar-refractivity contribution in [1.29, 1.82) is 0 Å². The minimum absolute atomic E-state index is 0.248. The molecule has 5 nitrogen and oxygen atoms in total. The Morgan fingerprint density at radius 2 is 2.18 bits per heavy atom. The number of nitrogens with two attached hydrogens (primary N) is 1. The molecule has 0 spiro atoms. The van der Waals surface area contributed by atoms with Crippen LogP contribution in [0.1, 0.15) is 48.1 Å². The van der Waals surface area contributed by atoms with E-state index in [0.29, 0.717) is 22.2 Å². The van der Waals surface area contributed by atoms with Gasteiger partial charge in [-0.15, -0.1) is 11.3 Å². The highest BCUT2D eigenvalue weighted by atomic mass is 35.5. The van der Waals surface area contributed by atoms with E-state index < -0.39 is 0 Å². The molecule has 7 heteroatoms. The van der Waals surface area contributed by atoms with Crippen LogP contribution in [-0.4, -0.2) is 15.9 Å². The average molecular weight is 415 g/mol. The molecule has 0 radical (unpaired) electrons. The van der Waals surface area contributed by atoms with Crippen LogP contribution in [0, 0.1) is 11.3 Å². The Kier molecular flexibility index (Phi) is 4.79. The lowest BCUT2D eigenvalue weighted by atomic mass is 9.71. The van der Waals surface area contributed by atoms with Gasteiger partial charge in [-0.1, -0.05) is 32.4 Å². The minimum Gasteiger partial charge on any atom is -0.397 e. The Bertz CT molecular complexity index is 1070. The molecule has 1 aliphatic carbocycles. The van der Waals surface area contributed by atoms with Crippen molar-refractivity contribution in [3.63, 3.8) is 0 Å². The number of aromatic nitrogens is 2. The normalized spacial score (nSPS) is 16.8. The van der Waals surface area contributed by atoms with E-state index in [2.05, 4.69) is 37.1 Å². The second-order valence-corrected chi connectivity index (χ2v) is 9.75. The highest BCUT2D eigenvalue weighted by Gasteiger charge is 2.30. The van der Waals surface area contributed by atoms with Crippen LogP contribution in [-0.2, 0) is 12.8 Å². The molecule has 0 saturated heterocycles. The summed E-state index contributed by atoms with van der Waals surface area (Å²) in [5.74, 6) is 0.329. The molecule has 28 heavy (non-hydrogen) atoms. The summed E-state index contributed by atoms with van der Waals surface area (Å²) in [4.78, 5) is 22.9. The summed E-state index contributed by atoms with van der Waals surface area (Å²) in [6.07, 6.45) is 4.69. The first-order chi connectivity index (χ1) is 13.2. The number of thiophene rings is 1. The average Bonchev–Trinajstić information content (AvgIpc) is 2.96. The third-order valence-electron chi connectivity index (χ3n) is 5.52. The van der Waals surface area contributed by atoms with Gasteiger partial charge < -0.3 is 11.1 Å². The van der Waals surface area contributed by atoms with Crippen molar-refractivity contribution in [3.05, 3.63) is 45.7 Å². The lowest BCUT2D eigenvalue weighted by Crippen LogP contribution is -2.27. The zero-order chi connectivity index (χ0) is 20.1. The molecule has 1 aliphatic rings. The number of halogens is 1. The standard InChI is InChI=1S/C21H23ClN4OS/c1-21(2,3)12-6-7-14-11(9-12)10-13-16(23)17(28-20(13)26-14)19(27)25-15-5-4-8-24-18(15)22/h4-5,8,10,12H,6-7,9,23H2,1-3H3,(H,25,27). The van der Waals surface area contributed by atoms with E-state index in [1.165, 1.54) is 16.9 Å². The highest BCUT2D eigenvalue weighted by Crippen LogP contribution is 2.40. The number of anilines is 2. The molecule has 0 aromatic carbocycles. The lowest BCUT2D eigenvalue weighted by Gasteiger charge is -2.34. The summed E-state index contributed by atoms with van der Waals surface area (Å²) in [5, 5.41) is 3.90. The van der Waals surface area contributed by atoms with Gasteiger partial charge in [-0.05, 0) is 54.4 Å². The Balaban J connectivity index is 1.68. The molecule has 0 fully saturated rings. The second kappa shape index (κ2) is 7.01. The first-order valence-corrected chi connectivity index (χ1v) is 10.6. The van der Waals surface area contributed by atoms with Crippen molar-refractivity contribution in [1.82, 2.24) is 9.97 Å². The number of fused-ring (bicyclic) bond motifs is 2. The number of rotatable bonds is 2. The summed E-state index contributed by atoms with van der Waals surface area (Å²) in [5.41, 5.74) is 9.94. The van der Waals surface area contributed by atoms with E-state index in [1.807, 2.05) is 0 Å². The summed E-state index contributed by atoms with van der Waals surface area (Å²) in [6, 6.07) is 5.56. The summed E-state index contributed by atoms with van der Waals surface area (Å²) >= 11 is 7.37. The van der Waals surface area contributed by atoms with Gasteiger partial charge in [-0.25, -0.2) is 9.97 Å². The number of nitrogens with one attached hydrogen (secondary N) is 1. The van der Waals surface area contributed by atoms with Crippen molar-refractivity contribution >= 4 is 50.4 Å². The molecule has 3 N–H and O–H groups in total. The van der Waals surface area contributed by atoms with E-state index in [4.69, 9.17) is 22.3 Å². The van der Waals surface area contributed by atoms with Gasteiger partial charge >= 0.3 is 0 Å². The molecule has 1 unspecified atom stereocenters. The molecule has 0 bridgehead atoms. The maximum absolute atomic E-state index is 12.8. The monoisotopic (exact) mass is 414 g/mol. The molecular weight excluding hydrogens is 392 g/mol. The van der Waals surface area contributed by atoms with Crippen molar-refractivity contribution in [2.24, 2.45) is 11.3 Å². The number of hydrogen-bond acceptors (Lipinski definition) is 5. The third-order valence-corrected chi connectivity index (χ3v) is 6.94. The molecule has 3 heterocycles. The molecule has 146 valence electrons. The van der Waals surface area contributed by atoms with Crippen LogP contribution in [0.25, 0.3) is 10.2 Å². The Morgan fingerprint density at radius 1 is 1.39 bits per heavy atom. The predicted octanol–water partition coefficient (Wildman–Crippen LogP) is 5.33. The molecule has 3 aromatic heterocycles. The van der Waals surface area contributed by atoms with Crippen molar-refractivity contribution in [3.8, 4) is 0 Å². The Morgan fingerprint density at radius 3 is 2.89 bits per heavy atom. The summed E-state index contributed by atoms with van der Waals surface area (Å²) in [6.45, 7) is 6.87. The van der Waals surface area contributed by atoms with Gasteiger partial charge in [0.15, 0.2) is 5.15 Å². The van der Waals surface area contributed by atoms with Gasteiger partial charge in [0.25, 0.3) is 5.91 Å². The smallest absolute Gasteiger partial charge is 0.268 e. The van der Waals surface area contributed by atoms with Crippen LogP contribution in [0.3, 0.4) is 0 Å². The maximum atomic E-state index is 12.8. The van der Waals surface area contributed by atoms with E-state index in [1.54, 1.807) is 18.3 Å². The number of amides is 1. The van der Waals surface area contributed by atoms with Gasteiger partial charge in [0.1, 0.15) is 9.71 Å². The van der Waals surface area contributed by atoms with Crippen LogP contribution >= 0.6 is 22.9 Å². The third kappa shape index (κ3) is 3.47. The number of nitrogen functional groups attached to an aromatic ring is 1. The van der Waals surface area contributed by atoms with Crippen molar-refractivity contribution < 1.29 is 4.79 Å². The van der Waals surface area contributed by atoms with Crippen molar-refractivity contribution in [2.75, 3.05) is 11.1 Å². The van der Waals surface area contributed by atoms with E-state index in [-0.39, 0.29) is 16.5 Å². The van der Waals surface area contributed by atoms with Crippen LogP contribution in [0.5, 0.6) is 0 Å². The fraction of sp³-hybridized carbons (Fsp3) is 0.381. The van der Waals surface area contributed by atoms with Crippen LogP contribution in [0.15, 0.2) is 24.4 Å². The first kappa shape index (κ1) is 19.2. The van der Waals surface area contributed by atoms with Crippen LogP contribution in [0.4, 0.5) is 11.4 Å². The fourth-order valence-electron chi connectivity index (χ4n) is 3.76. The number of pyridine rings is 2. The molecular formula is C21H23ClN4OS. The molecule has 0 aliphatic heterocycles. The Labute approximate surface area is 173 Å². The second-order valence-electron chi connectivity index (χ2n) is 8.39. The maximum Gasteiger partial charge on any atom is 0.268 e. The molecule has 0 saturated carbocycles. The molecule has 1 atom stereocenters. The summed E-state index contributed by atoms with van der Waals surface area (Å²) in [7, 11) is 0. The predicted molar refractivity (Wildman–Crippen MR) is 116 cm³/mol. The van der Waals surface area contributed by atoms with Gasteiger partial charge in [0, 0.05) is 17.3 Å². The van der Waals surface area contributed by atoms with E-state index in [9.17, 15) is 4.79 Å². The minimum atomic E-state index is -0.291. The molecule has 4 rings (SSSR count). The van der Waals surface area contributed by atoms with E-state index in [0.717, 1.165) is 35.2 Å². The quantitative estimate of drug-likeness (QED) is 0.555. The van der Waals surface area contributed by atoms with Gasteiger partial charge in [0.05, 0.1) is 11.4 Å². The lowest BCUT2D eigenvalue weighted by molar-refractivity contribution is 0.103. The number of nitrogens with zero attached hydrogens (tertiary/aromatic N) is 2. The van der Waals surface area contributed by atoms with Gasteiger partial charge in [-0.3, -0.25) is 4.79 Å². The highest BCUT2D eigenvalue weighted by molar-refractivity contribution is 7.21. The largest absolute Gasteiger partial charge is 0.397 e. The number of aryl methyl sites for hydroxylation is 1. The van der Waals surface area contributed by atoms with Gasteiger partial charge in [0.2, 0.25) is 0 Å². The molecule has 1 amide bonds. The Hall–Kier alpha value is -2.18. The summed E-state index contributed by atoms with van der Waals surface area (Å²) < 4.78 is 0. The zero-order valence-corrected chi connectivity index (χ0v) is 17.7. The van der Waals surface area contributed by atoms with Gasteiger partial charge in [-0.2, -0.15) is 0 Å². The van der Waals surface area contributed by atoms with Crippen LogP contribution in [0.2, 0.25) is 5.15 Å². The number of carbonyl (C=O) groups excluding carboxylic acids is 1. The van der Waals surface area contributed by atoms with Crippen LogP contribution < -0.4 is 11.1 Å². The fourth-order valence-corrected chi connectivity index (χ4v) is 4.91. The zero-order valence-electron chi connectivity index (χ0n) is 16.2. The number of carbonyl (C=O) groups is 1. The molecule has 3 aromatic rings. The number of hydrogen-bond donors (Lipinski definition) is 2. The SMILES string of the molecule is CC(C)(C)C1CCc2nc3sc(C(=O)Nc4cccnc4Cl)c(N)c3cc2C1.